The van der Waals surface area contributed by atoms with Crippen LogP contribution < -0.4 is 4.90 Å². The van der Waals surface area contributed by atoms with Gasteiger partial charge in [0.05, 0.1) is 24.0 Å². The summed E-state index contributed by atoms with van der Waals surface area (Å²) in [5.41, 5.74) is 5.04. The molecule has 8 heteroatoms. The second kappa shape index (κ2) is 8.13. The Morgan fingerprint density at radius 1 is 1.13 bits per heavy atom. The number of aliphatic imine (C=N–C) groups is 1. The maximum Gasteiger partial charge on any atom is 0.252 e. The Bertz CT molecular complexity index is 1120. The number of halogens is 1. The topological polar surface area (TPSA) is 66.8 Å². The van der Waals surface area contributed by atoms with Crippen molar-refractivity contribution in [3.63, 3.8) is 0 Å². The first kappa shape index (κ1) is 21.6. The Morgan fingerprint density at radius 3 is 2.40 bits per heavy atom. The highest BCUT2D eigenvalue weighted by Gasteiger charge is 2.50. The highest BCUT2D eigenvalue weighted by molar-refractivity contribution is 9.10. The number of amidine groups is 1. The van der Waals surface area contributed by atoms with Gasteiger partial charge in [0.1, 0.15) is 0 Å². The molecule has 0 N–H and O–H groups in total. The molecule has 2 fully saturated rings. The van der Waals surface area contributed by atoms with Crippen LogP contribution in [-0.2, 0) is 21.1 Å². The number of nitrogens with zero attached hydrogens (tertiary/aromatic N) is 2. The van der Waals surface area contributed by atoms with Crippen molar-refractivity contribution in [1.82, 2.24) is 0 Å². The van der Waals surface area contributed by atoms with E-state index in [0.717, 1.165) is 32.4 Å². The Morgan fingerprint density at radius 2 is 1.77 bits per heavy atom. The minimum atomic E-state index is -3.10. The first-order chi connectivity index (χ1) is 14.1. The summed E-state index contributed by atoms with van der Waals surface area (Å²) in [6, 6.07) is 11.7. The third-order valence-corrected chi connectivity index (χ3v) is 9.13. The van der Waals surface area contributed by atoms with E-state index in [9.17, 15) is 13.2 Å². The lowest BCUT2D eigenvalue weighted by molar-refractivity contribution is -0.117. The van der Waals surface area contributed by atoms with Crippen LogP contribution in [0.4, 0.5) is 5.69 Å². The normalized spacial score (nSPS) is 23.7. The number of carbonyl (C=O) groups excluding carboxylic acids is 1. The Labute approximate surface area is 190 Å². The van der Waals surface area contributed by atoms with Gasteiger partial charge in [-0.05, 0) is 49.6 Å². The molecule has 0 radical (unpaired) electrons. The second-order valence-electron chi connectivity index (χ2n) is 8.01. The molecule has 0 saturated carbocycles. The van der Waals surface area contributed by atoms with Gasteiger partial charge in [-0.2, -0.15) is 4.99 Å². The quantitative estimate of drug-likeness (QED) is 0.623. The molecule has 2 atom stereocenters. The van der Waals surface area contributed by atoms with E-state index in [0.29, 0.717) is 5.17 Å². The van der Waals surface area contributed by atoms with E-state index >= 15 is 0 Å². The molecule has 2 aromatic rings. The highest BCUT2D eigenvalue weighted by Crippen LogP contribution is 2.43. The largest absolute Gasteiger partial charge is 0.315 e. The summed E-state index contributed by atoms with van der Waals surface area (Å²) in [7, 11) is -3.10. The van der Waals surface area contributed by atoms with E-state index < -0.39 is 9.84 Å². The van der Waals surface area contributed by atoms with Gasteiger partial charge in [-0.15, -0.1) is 0 Å². The van der Waals surface area contributed by atoms with E-state index in [1.807, 2.05) is 62.1 Å². The number of benzene rings is 2. The van der Waals surface area contributed by atoms with Gasteiger partial charge in [0.25, 0.3) is 5.91 Å². The van der Waals surface area contributed by atoms with E-state index in [4.69, 9.17) is 0 Å². The van der Waals surface area contributed by atoms with Gasteiger partial charge in [0.2, 0.25) is 0 Å². The molecule has 0 spiro atoms. The standard InChI is InChI=1S/C22H23BrN2O3S2/c1-13-4-6-16(7-5-13)10-20(26)24-22-25(18-11-30(27,28)12-19(18)29-22)21-14(2)8-17(23)9-15(21)3/h4-9,18-19H,10-12H2,1-3H3/t18-,19-/m1/s1. The van der Waals surface area contributed by atoms with Crippen molar-refractivity contribution in [2.75, 3.05) is 16.4 Å². The van der Waals surface area contributed by atoms with Gasteiger partial charge in [-0.3, -0.25) is 4.79 Å². The van der Waals surface area contributed by atoms with Crippen LogP contribution in [0.15, 0.2) is 45.9 Å². The van der Waals surface area contributed by atoms with E-state index in [1.165, 1.54) is 11.8 Å². The smallest absolute Gasteiger partial charge is 0.252 e. The van der Waals surface area contributed by atoms with Crippen LogP contribution in [0.2, 0.25) is 0 Å². The molecule has 0 aromatic heterocycles. The van der Waals surface area contributed by atoms with Crippen LogP contribution in [0.25, 0.3) is 0 Å². The number of aryl methyl sites for hydroxylation is 3. The molecular weight excluding hydrogens is 484 g/mol. The number of fused-ring (bicyclic) bond motifs is 1. The van der Waals surface area contributed by atoms with Crippen molar-refractivity contribution in [2.45, 2.75) is 38.5 Å². The Kier molecular flexibility index (Phi) is 5.85. The predicted molar refractivity (Wildman–Crippen MR) is 127 cm³/mol. The number of sulfone groups is 1. The van der Waals surface area contributed by atoms with Crippen molar-refractivity contribution < 1.29 is 13.2 Å². The molecule has 2 aliphatic heterocycles. The lowest BCUT2D eigenvalue weighted by Gasteiger charge is -2.28. The van der Waals surface area contributed by atoms with Crippen LogP contribution >= 0.6 is 27.7 Å². The van der Waals surface area contributed by atoms with Crippen LogP contribution in [0.1, 0.15) is 22.3 Å². The molecule has 2 saturated heterocycles. The average molecular weight is 507 g/mol. The number of hydrogen-bond acceptors (Lipinski definition) is 4. The number of carbonyl (C=O) groups is 1. The van der Waals surface area contributed by atoms with Gasteiger partial charge in [0.15, 0.2) is 15.0 Å². The lowest BCUT2D eigenvalue weighted by Crippen LogP contribution is -2.38. The second-order valence-corrected chi connectivity index (χ2v) is 12.3. The summed E-state index contributed by atoms with van der Waals surface area (Å²) in [4.78, 5) is 19.2. The molecule has 5 nitrogen and oxygen atoms in total. The maximum absolute atomic E-state index is 12.7. The van der Waals surface area contributed by atoms with E-state index in [-0.39, 0.29) is 35.1 Å². The SMILES string of the molecule is Cc1ccc(CC(=O)N=C2S[C@@H]3CS(=O)(=O)C[C@H]3N2c2c(C)cc(Br)cc2C)cc1. The predicted octanol–water partition coefficient (Wildman–Crippen LogP) is 4.22. The fourth-order valence-electron chi connectivity index (χ4n) is 4.14. The van der Waals surface area contributed by atoms with Crippen LogP contribution in [0.3, 0.4) is 0 Å². The van der Waals surface area contributed by atoms with Crippen molar-refractivity contribution in [3.8, 4) is 0 Å². The Hall–Kier alpha value is -1.64. The summed E-state index contributed by atoms with van der Waals surface area (Å²) in [6.07, 6.45) is 0.226. The van der Waals surface area contributed by atoms with Crippen LogP contribution in [-0.4, -0.2) is 42.3 Å². The molecule has 0 aliphatic carbocycles. The maximum atomic E-state index is 12.7. The number of hydrogen-bond donors (Lipinski definition) is 0. The van der Waals surface area contributed by atoms with Gasteiger partial charge >= 0.3 is 0 Å². The number of amides is 1. The zero-order valence-corrected chi connectivity index (χ0v) is 20.3. The fraction of sp³-hybridized carbons (Fsp3) is 0.364. The minimum absolute atomic E-state index is 0.0881. The molecule has 4 rings (SSSR count). The zero-order valence-electron chi connectivity index (χ0n) is 17.1. The molecule has 2 aliphatic rings. The molecule has 30 heavy (non-hydrogen) atoms. The average Bonchev–Trinajstić information content (AvgIpc) is 3.08. The van der Waals surface area contributed by atoms with Crippen molar-refractivity contribution >= 4 is 54.3 Å². The Balaban J connectivity index is 1.70. The molecule has 1 amide bonds. The minimum Gasteiger partial charge on any atom is -0.315 e. The third-order valence-electron chi connectivity index (χ3n) is 5.46. The first-order valence-corrected chi connectivity index (χ1v) is 13.2. The number of thioether (sulfide) groups is 1. The summed E-state index contributed by atoms with van der Waals surface area (Å²) in [6.45, 7) is 6.01. The molecule has 0 bridgehead atoms. The monoisotopic (exact) mass is 506 g/mol. The number of anilines is 1. The molecule has 2 aromatic carbocycles. The van der Waals surface area contributed by atoms with Crippen LogP contribution in [0.5, 0.6) is 0 Å². The summed E-state index contributed by atoms with van der Waals surface area (Å²) in [5, 5.41) is 0.494. The van der Waals surface area contributed by atoms with Gasteiger partial charge < -0.3 is 4.90 Å². The van der Waals surface area contributed by atoms with Crippen molar-refractivity contribution in [2.24, 2.45) is 4.99 Å². The summed E-state index contributed by atoms with van der Waals surface area (Å²) in [5.74, 6) is -0.00902. The van der Waals surface area contributed by atoms with Crippen LogP contribution in [0, 0.1) is 20.8 Å². The molecule has 2 heterocycles. The summed E-state index contributed by atoms with van der Waals surface area (Å²) >= 11 is 4.94. The third kappa shape index (κ3) is 4.36. The van der Waals surface area contributed by atoms with Crippen molar-refractivity contribution in [1.29, 1.82) is 0 Å². The molecular formula is C22H23BrN2O3S2. The molecule has 0 unspecified atom stereocenters. The van der Waals surface area contributed by atoms with Crippen molar-refractivity contribution in [3.05, 3.63) is 63.1 Å². The van der Waals surface area contributed by atoms with E-state index in [1.54, 1.807) is 0 Å². The van der Waals surface area contributed by atoms with Gasteiger partial charge in [0, 0.05) is 15.4 Å². The number of rotatable bonds is 3. The first-order valence-electron chi connectivity index (χ1n) is 9.73. The van der Waals surface area contributed by atoms with Gasteiger partial charge in [-0.25, -0.2) is 8.42 Å². The molecule has 158 valence electrons. The van der Waals surface area contributed by atoms with Gasteiger partial charge in [-0.1, -0.05) is 57.5 Å². The van der Waals surface area contributed by atoms with E-state index in [2.05, 4.69) is 20.9 Å². The lowest BCUT2D eigenvalue weighted by atomic mass is 10.1. The fourth-order valence-corrected chi connectivity index (χ4v) is 8.74. The highest BCUT2D eigenvalue weighted by atomic mass is 79.9. The zero-order chi connectivity index (χ0) is 21.6. The summed E-state index contributed by atoms with van der Waals surface area (Å²) < 4.78 is 25.5.